The average molecular weight is 494 g/mol. The van der Waals surface area contributed by atoms with Gasteiger partial charge in [-0.05, 0) is 42.8 Å². The van der Waals surface area contributed by atoms with Gasteiger partial charge in [-0.25, -0.2) is 0 Å². The van der Waals surface area contributed by atoms with Crippen molar-refractivity contribution in [1.82, 2.24) is 0 Å². The van der Waals surface area contributed by atoms with Gasteiger partial charge in [-0.2, -0.15) is 0 Å². The molecular weight excluding hydrogens is 470 g/mol. The molecule has 0 aliphatic rings. The smallest absolute Gasteiger partial charge is 0.265 e. The van der Waals surface area contributed by atoms with Crippen molar-refractivity contribution < 1.29 is 23.4 Å². The molecule has 3 aromatic carbocycles. The number of hydrogen-bond donors (Lipinski definition) is 1. The monoisotopic (exact) mass is 493 g/mol. The number of amides is 1. The molecule has 4 aromatic rings. The molecule has 1 amide bonds. The Morgan fingerprint density at radius 3 is 2.49 bits per heavy atom. The molecule has 0 spiro atoms. The molecule has 0 aliphatic carbocycles. The van der Waals surface area contributed by atoms with Crippen LogP contribution in [0.4, 0.5) is 5.69 Å². The van der Waals surface area contributed by atoms with Crippen molar-refractivity contribution in [3.8, 4) is 28.6 Å². The van der Waals surface area contributed by atoms with Crippen molar-refractivity contribution >= 4 is 34.2 Å². The Balaban J connectivity index is 1.74. The maximum absolute atomic E-state index is 13.4. The Morgan fingerprint density at radius 1 is 1.03 bits per heavy atom. The summed E-state index contributed by atoms with van der Waals surface area (Å²) < 4.78 is 22.7. The molecule has 180 valence electrons. The summed E-state index contributed by atoms with van der Waals surface area (Å²) in [5.74, 6) is 0.637. The van der Waals surface area contributed by atoms with Crippen molar-refractivity contribution in [3.63, 3.8) is 0 Å². The number of rotatable bonds is 8. The van der Waals surface area contributed by atoms with Crippen LogP contribution in [0.2, 0.25) is 5.02 Å². The highest BCUT2D eigenvalue weighted by Crippen LogP contribution is 2.36. The van der Waals surface area contributed by atoms with Crippen molar-refractivity contribution in [1.29, 1.82) is 0 Å². The number of carbonyl (C=O) groups is 1. The van der Waals surface area contributed by atoms with E-state index in [4.69, 9.17) is 30.2 Å². The fourth-order valence-electron chi connectivity index (χ4n) is 3.63. The first-order valence-corrected chi connectivity index (χ1v) is 11.3. The van der Waals surface area contributed by atoms with E-state index in [9.17, 15) is 9.59 Å². The SMILES string of the molecule is CCC(Oc1c(-c2ccccc2Cl)oc2ccccc2c1=O)C(=O)Nc1ccc(OC)cc1OC. The molecule has 4 rings (SSSR count). The van der Waals surface area contributed by atoms with Gasteiger partial charge in [0.25, 0.3) is 5.91 Å². The van der Waals surface area contributed by atoms with Crippen LogP contribution in [-0.2, 0) is 4.79 Å². The van der Waals surface area contributed by atoms with E-state index < -0.39 is 17.4 Å². The zero-order valence-electron chi connectivity index (χ0n) is 19.5. The van der Waals surface area contributed by atoms with E-state index in [-0.39, 0.29) is 11.5 Å². The van der Waals surface area contributed by atoms with Gasteiger partial charge in [0.05, 0.1) is 30.3 Å². The normalized spacial score (nSPS) is 11.7. The minimum atomic E-state index is -0.993. The Hall–Kier alpha value is -3.97. The number of hydrogen-bond acceptors (Lipinski definition) is 6. The second-order valence-electron chi connectivity index (χ2n) is 7.64. The largest absolute Gasteiger partial charge is 0.497 e. The summed E-state index contributed by atoms with van der Waals surface area (Å²) in [5, 5.41) is 3.53. The van der Waals surface area contributed by atoms with Gasteiger partial charge in [0, 0.05) is 11.6 Å². The fourth-order valence-corrected chi connectivity index (χ4v) is 3.86. The van der Waals surface area contributed by atoms with E-state index in [0.29, 0.717) is 45.2 Å². The van der Waals surface area contributed by atoms with Gasteiger partial charge in [0.1, 0.15) is 17.1 Å². The highest BCUT2D eigenvalue weighted by Gasteiger charge is 2.26. The molecule has 0 saturated carbocycles. The molecule has 0 aliphatic heterocycles. The lowest BCUT2D eigenvalue weighted by atomic mass is 10.1. The molecule has 0 radical (unpaired) electrons. The minimum absolute atomic E-state index is 0.0829. The third kappa shape index (κ3) is 4.95. The van der Waals surface area contributed by atoms with Crippen LogP contribution in [0.5, 0.6) is 17.2 Å². The van der Waals surface area contributed by atoms with E-state index in [1.165, 1.54) is 7.11 Å². The number of anilines is 1. The minimum Gasteiger partial charge on any atom is -0.497 e. The molecule has 0 fully saturated rings. The maximum atomic E-state index is 13.4. The summed E-state index contributed by atoms with van der Waals surface area (Å²) in [7, 11) is 3.04. The van der Waals surface area contributed by atoms with Gasteiger partial charge < -0.3 is 23.9 Å². The number of benzene rings is 3. The van der Waals surface area contributed by atoms with Crippen molar-refractivity contribution in [2.75, 3.05) is 19.5 Å². The lowest BCUT2D eigenvalue weighted by Gasteiger charge is -2.20. The number of methoxy groups -OCH3 is 2. The number of nitrogens with one attached hydrogen (secondary N) is 1. The van der Waals surface area contributed by atoms with Crippen LogP contribution in [0, 0.1) is 0 Å². The van der Waals surface area contributed by atoms with Gasteiger partial charge >= 0.3 is 0 Å². The predicted molar refractivity (Wildman–Crippen MR) is 136 cm³/mol. The highest BCUT2D eigenvalue weighted by atomic mass is 35.5. The van der Waals surface area contributed by atoms with E-state index in [1.807, 2.05) is 0 Å². The number of para-hydroxylation sites is 1. The first-order valence-electron chi connectivity index (χ1n) is 11.0. The number of ether oxygens (including phenoxy) is 3. The highest BCUT2D eigenvalue weighted by molar-refractivity contribution is 6.33. The zero-order chi connectivity index (χ0) is 24.9. The number of fused-ring (bicyclic) bond motifs is 1. The summed E-state index contributed by atoms with van der Waals surface area (Å²) in [5.41, 5.74) is 0.923. The summed E-state index contributed by atoms with van der Waals surface area (Å²) >= 11 is 6.41. The first kappa shape index (κ1) is 24.2. The molecule has 1 N–H and O–H groups in total. The third-order valence-corrected chi connectivity index (χ3v) is 5.79. The molecule has 0 bridgehead atoms. The maximum Gasteiger partial charge on any atom is 0.265 e. The van der Waals surface area contributed by atoms with Gasteiger partial charge in [-0.1, -0.05) is 42.8 Å². The molecule has 1 atom stereocenters. The Kier molecular flexibility index (Phi) is 7.27. The Bertz CT molecular complexity index is 1430. The quantitative estimate of drug-likeness (QED) is 0.327. The van der Waals surface area contributed by atoms with Crippen LogP contribution in [0.25, 0.3) is 22.3 Å². The van der Waals surface area contributed by atoms with Crippen LogP contribution in [0.3, 0.4) is 0 Å². The van der Waals surface area contributed by atoms with E-state index >= 15 is 0 Å². The van der Waals surface area contributed by atoms with Crippen molar-refractivity contribution in [2.24, 2.45) is 0 Å². The first-order chi connectivity index (χ1) is 17.0. The van der Waals surface area contributed by atoms with Crippen LogP contribution in [0.1, 0.15) is 13.3 Å². The Labute approximate surface area is 207 Å². The van der Waals surface area contributed by atoms with Gasteiger partial charge in [0.2, 0.25) is 11.2 Å². The molecule has 0 saturated heterocycles. The van der Waals surface area contributed by atoms with Gasteiger partial charge in [0.15, 0.2) is 11.9 Å². The van der Waals surface area contributed by atoms with E-state index in [0.717, 1.165) is 0 Å². The summed E-state index contributed by atoms with van der Waals surface area (Å²) in [4.78, 5) is 26.6. The molecule has 1 unspecified atom stereocenters. The molecule has 8 heteroatoms. The van der Waals surface area contributed by atoms with Crippen molar-refractivity contribution in [2.45, 2.75) is 19.4 Å². The standard InChI is InChI=1S/C27H24ClNO6/c1-4-21(27(31)29-20-14-13-16(32-2)15-23(20)33-3)34-26-24(30)18-10-6-8-12-22(18)35-25(26)17-9-5-7-11-19(17)28/h5-15,21H,4H2,1-3H3,(H,29,31). The van der Waals surface area contributed by atoms with Gasteiger partial charge in [-0.3, -0.25) is 9.59 Å². The number of halogens is 1. The van der Waals surface area contributed by atoms with E-state index in [2.05, 4.69) is 5.32 Å². The zero-order valence-corrected chi connectivity index (χ0v) is 20.2. The van der Waals surface area contributed by atoms with Crippen LogP contribution in [-0.4, -0.2) is 26.2 Å². The molecular formula is C27H24ClNO6. The third-order valence-electron chi connectivity index (χ3n) is 5.46. The van der Waals surface area contributed by atoms with Gasteiger partial charge in [-0.15, -0.1) is 0 Å². The predicted octanol–water partition coefficient (Wildman–Crippen LogP) is 5.93. The second-order valence-corrected chi connectivity index (χ2v) is 8.04. The summed E-state index contributed by atoms with van der Waals surface area (Å²) in [6, 6.07) is 18.8. The molecule has 35 heavy (non-hydrogen) atoms. The number of carbonyl (C=O) groups excluding carboxylic acids is 1. The summed E-state index contributed by atoms with van der Waals surface area (Å²) in [6.07, 6.45) is -0.703. The molecule has 1 aromatic heterocycles. The van der Waals surface area contributed by atoms with Crippen LogP contribution >= 0.6 is 11.6 Å². The lowest BCUT2D eigenvalue weighted by Crippen LogP contribution is -2.34. The topological polar surface area (TPSA) is 87.0 Å². The van der Waals surface area contributed by atoms with E-state index in [1.54, 1.807) is 80.8 Å². The van der Waals surface area contributed by atoms with Crippen LogP contribution in [0.15, 0.2) is 75.9 Å². The van der Waals surface area contributed by atoms with Crippen LogP contribution < -0.4 is 25.0 Å². The summed E-state index contributed by atoms with van der Waals surface area (Å²) in [6.45, 7) is 1.79. The lowest BCUT2D eigenvalue weighted by molar-refractivity contribution is -0.122. The average Bonchev–Trinajstić information content (AvgIpc) is 2.88. The Morgan fingerprint density at radius 2 is 1.77 bits per heavy atom. The fraction of sp³-hybridized carbons (Fsp3) is 0.185. The van der Waals surface area contributed by atoms with Crippen molar-refractivity contribution in [3.05, 3.63) is 82.0 Å². The molecule has 1 heterocycles. The molecule has 7 nitrogen and oxygen atoms in total. The second kappa shape index (κ2) is 10.5.